The van der Waals surface area contributed by atoms with Crippen LogP contribution in [0.1, 0.15) is 32.6 Å². The molecule has 12 heteroatoms. The fraction of sp³-hybridized carbons (Fsp3) is 0.208. The third kappa shape index (κ3) is 5.13. The number of anilines is 1. The van der Waals surface area contributed by atoms with Crippen LogP contribution in [0.2, 0.25) is 0 Å². The lowest BCUT2D eigenvalue weighted by Gasteiger charge is -2.21. The van der Waals surface area contributed by atoms with E-state index in [4.69, 9.17) is 4.74 Å². The first-order valence-electron chi connectivity index (χ1n) is 10.3. The van der Waals surface area contributed by atoms with Crippen LogP contribution in [0.25, 0.3) is 10.2 Å². The van der Waals surface area contributed by atoms with Gasteiger partial charge in [0.05, 0.1) is 29.5 Å². The maximum absolute atomic E-state index is 13.5. The SMILES string of the molecule is COc1ccc(C)c2sc(N(Cc3cccnc3)C(=O)c3cc(C(F)(F)F)cc(C(F)(F)F)c3)nc12. The van der Waals surface area contributed by atoms with Gasteiger partial charge in [-0.1, -0.05) is 23.5 Å². The first kappa shape index (κ1) is 25.4. The predicted octanol–water partition coefficient (Wildman–Crippen LogP) is 6.89. The zero-order valence-electron chi connectivity index (χ0n) is 18.7. The Morgan fingerprint density at radius 2 is 1.69 bits per heavy atom. The molecule has 0 bridgehead atoms. The minimum atomic E-state index is -5.09. The molecule has 0 N–H and O–H groups in total. The van der Waals surface area contributed by atoms with Crippen LogP contribution in [0.4, 0.5) is 31.5 Å². The van der Waals surface area contributed by atoms with E-state index in [1.807, 2.05) is 0 Å². The molecule has 0 aliphatic rings. The molecule has 0 saturated carbocycles. The summed E-state index contributed by atoms with van der Waals surface area (Å²) in [6.45, 7) is 1.62. The van der Waals surface area contributed by atoms with Crippen LogP contribution in [-0.4, -0.2) is 23.0 Å². The average Bonchev–Trinajstić information content (AvgIpc) is 3.28. The molecule has 0 aliphatic heterocycles. The lowest BCUT2D eigenvalue weighted by Crippen LogP contribution is -2.31. The van der Waals surface area contributed by atoms with E-state index >= 15 is 0 Å². The molecular weight excluding hydrogens is 508 g/mol. The number of aryl methyl sites for hydroxylation is 1. The molecule has 5 nitrogen and oxygen atoms in total. The lowest BCUT2D eigenvalue weighted by atomic mass is 10.0. The number of aromatic nitrogens is 2. The molecule has 0 unspecified atom stereocenters. The van der Waals surface area contributed by atoms with Crippen LogP contribution in [0.3, 0.4) is 0 Å². The zero-order valence-corrected chi connectivity index (χ0v) is 19.6. The van der Waals surface area contributed by atoms with Gasteiger partial charge in [-0.3, -0.25) is 14.7 Å². The molecule has 0 saturated heterocycles. The van der Waals surface area contributed by atoms with E-state index in [0.717, 1.165) is 21.8 Å². The van der Waals surface area contributed by atoms with E-state index in [0.29, 0.717) is 33.7 Å². The number of hydrogen-bond acceptors (Lipinski definition) is 5. The number of hydrogen-bond donors (Lipinski definition) is 0. The fourth-order valence-electron chi connectivity index (χ4n) is 3.51. The van der Waals surface area contributed by atoms with Gasteiger partial charge in [-0.25, -0.2) is 4.98 Å². The molecule has 2 aromatic carbocycles. The van der Waals surface area contributed by atoms with Gasteiger partial charge in [-0.2, -0.15) is 26.3 Å². The van der Waals surface area contributed by atoms with Crippen molar-refractivity contribution in [3.63, 3.8) is 0 Å². The van der Waals surface area contributed by atoms with Crippen molar-refractivity contribution in [2.24, 2.45) is 0 Å². The van der Waals surface area contributed by atoms with Gasteiger partial charge in [0.15, 0.2) is 5.13 Å². The van der Waals surface area contributed by atoms with Crippen molar-refractivity contribution in [3.8, 4) is 5.75 Å². The van der Waals surface area contributed by atoms with Crippen molar-refractivity contribution < 1.29 is 35.9 Å². The second-order valence-electron chi connectivity index (χ2n) is 7.81. The normalized spacial score (nSPS) is 12.1. The van der Waals surface area contributed by atoms with E-state index in [2.05, 4.69) is 9.97 Å². The quantitative estimate of drug-likeness (QED) is 0.266. The first-order valence-corrected chi connectivity index (χ1v) is 11.1. The molecule has 0 fully saturated rings. The van der Waals surface area contributed by atoms with Crippen molar-refractivity contribution in [2.45, 2.75) is 25.8 Å². The first-order chi connectivity index (χ1) is 16.9. The van der Waals surface area contributed by atoms with Crippen molar-refractivity contribution in [1.82, 2.24) is 9.97 Å². The number of methoxy groups -OCH3 is 1. The van der Waals surface area contributed by atoms with Gasteiger partial charge in [-0.15, -0.1) is 0 Å². The third-order valence-corrected chi connectivity index (χ3v) is 6.50. The molecule has 4 rings (SSSR count). The number of benzene rings is 2. The van der Waals surface area contributed by atoms with Crippen LogP contribution in [-0.2, 0) is 18.9 Å². The monoisotopic (exact) mass is 525 g/mol. The number of ether oxygens (including phenoxy) is 1. The highest BCUT2D eigenvalue weighted by molar-refractivity contribution is 7.22. The number of carbonyl (C=O) groups excluding carboxylic acids is 1. The number of thiazole rings is 1. The highest BCUT2D eigenvalue weighted by atomic mass is 32.1. The minimum Gasteiger partial charge on any atom is -0.494 e. The van der Waals surface area contributed by atoms with Crippen molar-refractivity contribution in [3.05, 3.63) is 82.7 Å². The summed E-state index contributed by atoms with van der Waals surface area (Å²) in [6.07, 6.45) is -7.26. The summed E-state index contributed by atoms with van der Waals surface area (Å²) in [5.74, 6) is -0.670. The summed E-state index contributed by atoms with van der Waals surface area (Å²) < 4.78 is 86.5. The Morgan fingerprint density at radius 3 is 2.25 bits per heavy atom. The minimum absolute atomic E-state index is 0.0197. The van der Waals surface area contributed by atoms with E-state index in [1.54, 1.807) is 31.2 Å². The summed E-state index contributed by atoms with van der Waals surface area (Å²) in [5.41, 5.74) is -2.21. The van der Waals surface area contributed by atoms with Crippen LogP contribution >= 0.6 is 11.3 Å². The molecule has 0 aliphatic carbocycles. The third-order valence-electron chi connectivity index (χ3n) is 5.29. The Hall–Kier alpha value is -3.67. The van der Waals surface area contributed by atoms with Gasteiger partial charge >= 0.3 is 12.4 Å². The van der Waals surface area contributed by atoms with E-state index in [9.17, 15) is 31.1 Å². The predicted molar refractivity (Wildman–Crippen MR) is 122 cm³/mol. The van der Waals surface area contributed by atoms with E-state index < -0.39 is 35.0 Å². The highest BCUT2D eigenvalue weighted by Gasteiger charge is 2.38. The van der Waals surface area contributed by atoms with Gasteiger partial charge in [0.2, 0.25) is 0 Å². The fourth-order valence-corrected chi connectivity index (χ4v) is 4.56. The molecular formula is C24H17F6N3O2S. The number of amides is 1. The number of halogens is 6. The molecule has 36 heavy (non-hydrogen) atoms. The standard InChI is InChI=1S/C24H17F6N3O2S/c1-13-5-6-18(35-2)19-20(13)36-22(32-19)33(12-14-4-3-7-31-11-14)21(34)15-8-16(23(25,26)27)10-17(9-15)24(28,29)30/h3-11H,12H2,1-2H3. The van der Waals surface area contributed by atoms with Gasteiger partial charge in [-0.05, 0) is 48.4 Å². The Bertz CT molecular complexity index is 1390. The van der Waals surface area contributed by atoms with E-state index in [1.165, 1.54) is 19.5 Å². The van der Waals surface area contributed by atoms with Crippen LogP contribution < -0.4 is 9.64 Å². The summed E-state index contributed by atoms with van der Waals surface area (Å²) in [7, 11) is 1.43. The van der Waals surface area contributed by atoms with Crippen LogP contribution in [0, 0.1) is 6.92 Å². The van der Waals surface area contributed by atoms with Crippen LogP contribution in [0.5, 0.6) is 5.75 Å². The van der Waals surface area contributed by atoms with Crippen molar-refractivity contribution in [1.29, 1.82) is 0 Å². The highest BCUT2D eigenvalue weighted by Crippen LogP contribution is 2.39. The van der Waals surface area contributed by atoms with Gasteiger partial charge in [0.1, 0.15) is 11.3 Å². The Kier molecular flexibility index (Phi) is 6.65. The Labute approximate surface area is 205 Å². The van der Waals surface area contributed by atoms with Crippen LogP contribution in [0.15, 0.2) is 54.9 Å². The second-order valence-corrected chi connectivity index (χ2v) is 8.78. The molecule has 2 heterocycles. The molecule has 0 spiro atoms. The molecule has 1 amide bonds. The maximum Gasteiger partial charge on any atom is 0.416 e. The number of alkyl halides is 6. The Morgan fingerprint density at radius 1 is 1.03 bits per heavy atom. The summed E-state index contributed by atoms with van der Waals surface area (Å²) >= 11 is 1.07. The lowest BCUT2D eigenvalue weighted by molar-refractivity contribution is -0.143. The molecule has 188 valence electrons. The molecule has 4 aromatic rings. The smallest absolute Gasteiger partial charge is 0.416 e. The summed E-state index contributed by atoms with van der Waals surface area (Å²) in [6, 6.07) is 7.47. The molecule has 2 aromatic heterocycles. The molecule has 0 radical (unpaired) electrons. The zero-order chi connectivity index (χ0) is 26.3. The van der Waals surface area contributed by atoms with Crippen molar-refractivity contribution >= 4 is 32.6 Å². The van der Waals surface area contributed by atoms with E-state index in [-0.39, 0.29) is 17.7 Å². The number of fused-ring (bicyclic) bond motifs is 1. The summed E-state index contributed by atoms with van der Waals surface area (Å²) in [4.78, 5) is 23.0. The topological polar surface area (TPSA) is 55.3 Å². The number of carbonyl (C=O) groups is 1. The molecule has 0 atom stereocenters. The maximum atomic E-state index is 13.5. The number of nitrogens with zero attached hydrogens (tertiary/aromatic N) is 3. The second kappa shape index (κ2) is 9.41. The van der Waals surface area contributed by atoms with Gasteiger partial charge in [0, 0.05) is 18.0 Å². The average molecular weight is 525 g/mol. The van der Waals surface area contributed by atoms with Crippen molar-refractivity contribution in [2.75, 3.05) is 12.0 Å². The number of pyridine rings is 1. The Balaban J connectivity index is 1.89. The van der Waals surface area contributed by atoms with Gasteiger partial charge in [0.25, 0.3) is 5.91 Å². The number of rotatable bonds is 5. The largest absolute Gasteiger partial charge is 0.494 e. The van der Waals surface area contributed by atoms with Gasteiger partial charge < -0.3 is 4.74 Å². The summed E-state index contributed by atoms with van der Waals surface area (Å²) in [5, 5.41) is 0.0809.